The third-order valence-electron chi connectivity index (χ3n) is 3.72. The van der Waals surface area contributed by atoms with E-state index in [0.717, 1.165) is 12.1 Å². The second-order valence-electron chi connectivity index (χ2n) is 5.64. The maximum absolute atomic E-state index is 14.0. The molecule has 11 heteroatoms. The van der Waals surface area contributed by atoms with E-state index in [9.17, 15) is 17.6 Å². The summed E-state index contributed by atoms with van der Waals surface area (Å²) in [5, 5.41) is 12.8. The number of aromatic nitrogens is 4. The molecule has 0 radical (unpaired) electrons. The largest absolute Gasteiger partial charge is 0.416 e. The number of anilines is 4. The molecule has 0 saturated carbocycles. The van der Waals surface area contributed by atoms with E-state index in [-0.39, 0.29) is 28.6 Å². The first-order valence-electron chi connectivity index (χ1n) is 7.86. The van der Waals surface area contributed by atoms with Crippen LogP contribution in [0, 0.1) is 5.82 Å². The Kier molecular flexibility index (Phi) is 4.26. The minimum atomic E-state index is -4.44. The van der Waals surface area contributed by atoms with Crippen LogP contribution in [0.3, 0.4) is 0 Å². The quantitative estimate of drug-likeness (QED) is 0.490. The number of hydrogen-bond acceptors (Lipinski definition) is 7. The summed E-state index contributed by atoms with van der Waals surface area (Å²) in [5.41, 5.74) is -0.187. The molecule has 0 amide bonds. The smallest absolute Gasteiger partial charge is 0.337 e. The lowest BCUT2D eigenvalue weighted by molar-refractivity contribution is -0.137. The second kappa shape index (κ2) is 6.76. The van der Waals surface area contributed by atoms with Crippen LogP contribution >= 0.6 is 0 Å². The number of fused-ring (bicyclic) bond motifs is 1. The molecule has 0 spiro atoms. The van der Waals surface area contributed by atoms with E-state index in [1.165, 1.54) is 30.3 Å². The molecule has 2 N–H and O–H groups in total. The van der Waals surface area contributed by atoms with Gasteiger partial charge in [-0.05, 0) is 46.7 Å². The van der Waals surface area contributed by atoms with Crippen molar-refractivity contribution in [2.45, 2.75) is 6.18 Å². The minimum absolute atomic E-state index is 0.0773. The standard InChI is InChI=1S/C17H10F4N6O/c18-11-3-1-2-4-12(11)23-14-13(24-15-16(25-14)27-28-26-15)22-10-7-5-9(6-8-10)17(19,20)21/h1-8H,(H,22,24,26)(H,23,25,27). The Balaban J connectivity index is 1.70. The molecular formula is C17H10F4N6O. The van der Waals surface area contributed by atoms with E-state index in [1.807, 2.05) is 0 Å². The molecule has 28 heavy (non-hydrogen) atoms. The molecule has 4 rings (SSSR count). The molecule has 0 aliphatic rings. The number of halogens is 4. The molecule has 0 bridgehead atoms. The van der Waals surface area contributed by atoms with Gasteiger partial charge in [-0.25, -0.2) is 19.0 Å². The van der Waals surface area contributed by atoms with Gasteiger partial charge in [0, 0.05) is 5.69 Å². The van der Waals surface area contributed by atoms with Crippen LogP contribution in [0.25, 0.3) is 11.3 Å². The predicted octanol–water partition coefficient (Wildman–Crippen LogP) is 4.66. The van der Waals surface area contributed by atoms with E-state index in [4.69, 9.17) is 0 Å². The van der Waals surface area contributed by atoms with Crippen molar-refractivity contribution in [1.82, 2.24) is 20.3 Å². The van der Waals surface area contributed by atoms with Gasteiger partial charge in [0.15, 0.2) is 11.6 Å². The number of benzene rings is 2. The first-order valence-corrected chi connectivity index (χ1v) is 7.86. The summed E-state index contributed by atoms with van der Waals surface area (Å²) in [6, 6.07) is 10.2. The van der Waals surface area contributed by atoms with E-state index < -0.39 is 17.6 Å². The van der Waals surface area contributed by atoms with Gasteiger partial charge in [0.1, 0.15) is 5.82 Å². The Labute approximate surface area is 154 Å². The van der Waals surface area contributed by atoms with Gasteiger partial charge >= 0.3 is 6.18 Å². The SMILES string of the molecule is Fc1ccccc1Nc1nc2nonc2nc1Nc1ccc(C(F)(F)F)cc1. The number of nitrogens with one attached hydrogen (secondary N) is 2. The van der Waals surface area contributed by atoms with E-state index in [0.29, 0.717) is 5.69 Å². The third kappa shape index (κ3) is 3.54. The zero-order valence-electron chi connectivity index (χ0n) is 13.8. The molecular weight excluding hydrogens is 380 g/mol. The molecule has 142 valence electrons. The summed E-state index contributed by atoms with van der Waals surface area (Å²) in [6.45, 7) is 0. The van der Waals surface area contributed by atoms with Crippen molar-refractivity contribution in [2.75, 3.05) is 10.6 Å². The average Bonchev–Trinajstić information content (AvgIpc) is 3.11. The van der Waals surface area contributed by atoms with Gasteiger partial charge in [-0.3, -0.25) is 0 Å². The molecule has 0 saturated heterocycles. The summed E-state index contributed by atoms with van der Waals surface area (Å²) in [4.78, 5) is 8.35. The molecule has 7 nitrogen and oxygen atoms in total. The van der Waals surface area contributed by atoms with Gasteiger partial charge in [0.05, 0.1) is 11.3 Å². The molecule has 0 atom stereocenters. The van der Waals surface area contributed by atoms with Gasteiger partial charge in [0.2, 0.25) is 11.3 Å². The lowest BCUT2D eigenvalue weighted by Crippen LogP contribution is -2.06. The first-order chi connectivity index (χ1) is 13.4. The maximum atomic E-state index is 14.0. The zero-order valence-corrected chi connectivity index (χ0v) is 13.8. The van der Waals surface area contributed by atoms with Crippen LogP contribution in [0.4, 0.5) is 40.6 Å². The average molecular weight is 390 g/mol. The van der Waals surface area contributed by atoms with E-state index >= 15 is 0 Å². The molecule has 0 aliphatic heterocycles. The Hall–Kier alpha value is -3.76. The monoisotopic (exact) mass is 390 g/mol. The molecule has 4 aromatic rings. The van der Waals surface area contributed by atoms with E-state index in [1.54, 1.807) is 6.07 Å². The van der Waals surface area contributed by atoms with Gasteiger partial charge in [-0.1, -0.05) is 12.1 Å². The number of para-hydroxylation sites is 1. The highest BCUT2D eigenvalue weighted by molar-refractivity contribution is 5.79. The third-order valence-corrected chi connectivity index (χ3v) is 3.72. The lowest BCUT2D eigenvalue weighted by Gasteiger charge is -2.13. The van der Waals surface area contributed by atoms with Crippen LogP contribution in [0.15, 0.2) is 53.2 Å². The van der Waals surface area contributed by atoms with Crippen molar-refractivity contribution < 1.29 is 22.2 Å². The Bertz CT molecular complexity index is 1130. The van der Waals surface area contributed by atoms with Crippen molar-refractivity contribution in [3.05, 3.63) is 59.9 Å². The van der Waals surface area contributed by atoms with Gasteiger partial charge < -0.3 is 10.6 Å². The molecule has 2 aromatic carbocycles. The first kappa shape index (κ1) is 17.6. The molecule has 2 heterocycles. The summed E-state index contributed by atoms with van der Waals surface area (Å²) in [6.07, 6.45) is -4.44. The van der Waals surface area contributed by atoms with Crippen LogP contribution in [0.1, 0.15) is 5.56 Å². The second-order valence-corrected chi connectivity index (χ2v) is 5.64. The number of rotatable bonds is 4. The topological polar surface area (TPSA) is 88.8 Å². The Morgan fingerprint density at radius 1 is 0.786 bits per heavy atom. The van der Waals surface area contributed by atoms with Crippen LogP contribution in [-0.4, -0.2) is 20.3 Å². The summed E-state index contributed by atoms with van der Waals surface area (Å²) in [5.74, 6) is -0.331. The number of hydrogen-bond donors (Lipinski definition) is 2. The summed E-state index contributed by atoms with van der Waals surface area (Å²) < 4.78 is 56.7. The number of nitrogens with zero attached hydrogens (tertiary/aromatic N) is 4. The van der Waals surface area contributed by atoms with Gasteiger partial charge in [-0.2, -0.15) is 13.2 Å². The summed E-state index contributed by atoms with van der Waals surface area (Å²) in [7, 11) is 0. The van der Waals surface area contributed by atoms with Crippen LogP contribution in [0.2, 0.25) is 0 Å². The predicted molar refractivity (Wildman–Crippen MR) is 91.8 cm³/mol. The fraction of sp³-hybridized carbons (Fsp3) is 0.0588. The van der Waals surface area contributed by atoms with Crippen molar-refractivity contribution in [1.29, 1.82) is 0 Å². The van der Waals surface area contributed by atoms with Gasteiger partial charge in [0.25, 0.3) is 0 Å². The van der Waals surface area contributed by atoms with Crippen molar-refractivity contribution in [3.8, 4) is 0 Å². The fourth-order valence-corrected chi connectivity index (χ4v) is 2.38. The van der Waals surface area contributed by atoms with Crippen molar-refractivity contribution in [3.63, 3.8) is 0 Å². The zero-order chi connectivity index (χ0) is 19.7. The maximum Gasteiger partial charge on any atom is 0.416 e. The van der Waals surface area contributed by atoms with Crippen LogP contribution in [-0.2, 0) is 6.18 Å². The highest BCUT2D eigenvalue weighted by atomic mass is 19.4. The van der Waals surface area contributed by atoms with Crippen LogP contribution in [0.5, 0.6) is 0 Å². The fourth-order valence-electron chi connectivity index (χ4n) is 2.38. The lowest BCUT2D eigenvalue weighted by atomic mass is 10.2. The highest BCUT2D eigenvalue weighted by Gasteiger charge is 2.30. The van der Waals surface area contributed by atoms with Crippen molar-refractivity contribution in [2.24, 2.45) is 0 Å². The molecule has 0 unspecified atom stereocenters. The van der Waals surface area contributed by atoms with Crippen molar-refractivity contribution >= 4 is 34.3 Å². The normalized spacial score (nSPS) is 11.6. The minimum Gasteiger partial charge on any atom is -0.337 e. The van der Waals surface area contributed by atoms with Gasteiger partial charge in [-0.15, -0.1) is 0 Å². The highest BCUT2D eigenvalue weighted by Crippen LogP contribution is 2.31. The van der Waals surface area contributed by atoms with E-state index in [2.05, 4.69) is 35.5 Å². The molecule has 0 fully saturated rings. The van der Waals surface area contributed by atoms with Crippen LogP contribution < -0.4 is 10.6 Å². The Morgan fingerprint density at radius 2 is 1.39 bits per heavy atom. The summed E-state index contributed by atoms with van der Waals surface area (Å²) >= 11 is 0. The molecule has 2 aromatic heterocycles. The number of alkyl halides is 3. The Morgan fingerprint density at radius 3 is 2.00 bits per heavy atom. The molecule has 0 aliphatic carbocycles.